The van der Waals surface area contributed by atoms with Gasteiger partial charge < -0.3 is 24.8 Å². The number of aromatic nitrogens is 4. The van der Waals surface area contributed by atoms with Crippen LogP contribution in [0.1, 0.15) is 31.9 Å². The van der Waals surface area contributed by atoms with Crippen LogP contribution in [0.3, 0.4) is 0 Å². The van der Waals surface area contributed by atoms with Gasteiger partial charge in [-0.1, -0.05) is 0 Å². The first-order valence-electron chi connectivity index (χ1n) is 14.0. The van der Waals surface area contributed by atoms with Gasteiger partial charge in [0.1, 0.15) is 17.7 Å². The molecular formula is C30H37N7O3. The lowest BCUT2D eigenvalue weighted by atomic mass is 10.2. The fourth-order valence-electron chi connectivity index (χ4n) is 5.53. The minimum absolute atomic E-state index is 0.0129. The fraction of sp³-hybridized carbons (Fsp3) is 0.433. The summed E-state index contributed by atoms with van der Waals surface area (Å²) in [6, 6.07) is 12.4. The Labute approximate surface area is 234 Å². The van der Waals surface area contributed by atoms with E-state index in [1.165, 1.54) is 0 Å². The van der Waals surface area contributed by atoms with Crippen LogP contribution in [0.2, 0.25) is 0 Å². The molecule has 2 fully saturated rings. The summed E-state index contributed by atoms with van der Waals surface area (Å²) in [4.78, 5) is 14.4. The Morgan fingerprint density at radius 3 is 2.58 bits per heavy atom. The Kier molecular flexibility index (Phi) is 7.81. The van der Waals surface area contributed by atoms with Gasteiger partial charge in [0.15, 0.2) is 0 Å². The van der Waals surface area contributed by atoms with Crippen molar-refractivity contribution in [3.8, 4) is 22.8 Å². The van der Waals surface area contributed by atoms with Gasteiger partial charge in [-0.25, -0.2) is 9.67 Å². The van der Waals surface area contributed by atoms with Crippen LogP contribution in [0.4, 0.5) is 11.4 Å². The number of hydrogen-bond acceptors (Lipinski definition) is 9. The highest BCUT2D eigenvalue weighted by Gasteiger charge is 2.21. The van der Waals surface area contributed by atoms with Crippen LogP contribution >= 0.6 is 0 Å². The molecule has 0 aliphatic carbocycles. The van der Waals surface area contributed by atoms with Gasteiger partial charge in [-0.15, -0.1) is 0 Å². The first-order chi connectivity index (χ1) is 19.6. The Morgan fingerprint density at radius 1 is 1.00 bits per heavy atom. The normalized spacial score (nSPS) is 19.7. The highest BCUT2D eigenvalue weighted by Crippen LogP contribution is 2.34. The molecule has 2 aromatic heterocycles. The van der Waals surface area contributed by atoms with Crippen molar-refractivity contribution in [2.45, 2.75) is 38.0 Å². The molecule has 0 bridgehead atoms. The Hall–Kier alpha value is -3.73. The summed E-state index contributed by atoms with van der Waals surface area (Å²) in [5, 5.41) is 4.56. The number of benzene rings is 2. The molecule has 0 saturated carbocycles. The van der Waals surface area contributed by atoms with E-state index in [9.17, 15) is 0 Å². The van der Waals surface area contributed by atoms with Gasteiger partial charge in [-0.2, -0.15) is 5.10 Å². The standard InChI is InChI=1S/C30H37N7O3/c1-38-25-13-24(14-26(16-25)39-2)36(11-10-35-9-8-22(31)20-35)23-6-7-27-28(15-23)34-29(18-32-27)21-17-33-37(19-21)30-5-3-4-12-40-30/h6-7,13-19,22,30H,3-5,8-12,20,31H2,1-2H3/t22-,30?/m0/s1. The summed E-state index contributed by atoms with van der Waals surface area (Å²) < 4.78 is 19.0. The Morgan fingerprint density at radius 2 is 1.85 bits per heavy atom. The van der Waals surface area contributed by atoms with Crippen molar-refractivity contribution >= 4 is 22.4 Å². The number of nitrogens with two attached hydrogens (primary N) is 1. The predicted octanol–water partition coefficient (Wildman–Crippen LogP) is 4.38. The fourth-order valence-corrected chi connectivity index (χ4v) is 5.53. The van der Waals surface area contributed by atoms with E-state index >= 15 is 0 Å². The van der Waals surface area contributed by atoms with Gasteiger partial charge in [0.2, 0.25) is 0 Å². The highest BCUT2D eigenvalue weighted by molar-refractivity contribution is 5.82. The lowest BCUT2D eigenvalue weighted by Gasteiger charge is -2.28. The van der Waals surface area contributed by atoms with Crippen molar-refractivity contribution in [1.82, 2.24) is 24.6 Å². The van der Waals surface area contributed by atoms with Crippen LogP contribution < -0.4 is 20.1 Å². The monoisotopic (exact) mass is 543 g/mol. The summed E-state index contributed by atoms with van der Waals surface area (Å²) in [6.07, 6.45) is 9.91. The maximum absolute atomic E-state index is 6.18. The summed E-state index contributed by atoms with van der Waals surface area (Å²) in [7, 11) is 3.34. The van der Waals surface area contributed by atoms with E-state index in [-0.39, 0.29) is 12.3 Å². The predicted molar refractivity (Wildman–Crippen MR) is 155 cm³/mol. The first-order valence-corrected chi connectivity index (χ1v) is 14.0. The van der Waals surface area contributed by atoms with Gasteiger partial charge in [0.25, 0.3) is 0 Å². The van der Waals surface area contributed by atoms with Gasteiger partial charge in [0.05, 0.1) is 43.3 Å². The molecule has 210 valence electrons. The van der Waals surface area contributed by atoms with Crippen LogP contribution in [0.25, 0.3) is 22.3 Å². The second-order valence-corrected chi connectivity index (χ2v) is 10.5. The average molecular weight is 544 g/mol. The molecule has 0 spiro atoms. The van der Waals surface area contributed by atoms with E-state index < -0.39 is 0 Å². The largest absolute Gasteiger partial charge is 0.497 e. The molecule has 10 heteroatoms. The van der Waals surface area contributed by atoms with Crippen molar-refractivity contribution in [2.24, 2.45) is 5.73 Å². The van der Waals surface area contributed by atoms with Crippen molar-refractivity contribution in [3.05, 3.63) is 55.0 Å². The molecule has 2 saturated heterocycles. The second kappa shape index (κ2) is 11.8. The molecule has 10 nitrogen and oxygen atoms in total. The molecule has 6 rings (SSSR count). The van der Waals surface area contributed by atoms with Crippen LogP contribution in [0.5, 0.6) is 11.5 Å². The van der Waals surface area contributed by atoms with E-state index in [0.717, 1.165) is 104 Å². The Bertz CT molecular complexity index is 1430. The lowest BCUT2D eigenvalue weighted by Crippen LogP contribution is -2.33. The first kappa shape index (κ1) is 26.5. The van der Waals surface area contributed by atoms with E-state index in [1.807, 2.05) is 47.5 Å². The maximum atomic E-state index is 6.18. The molecular weight excluding hydrogens is 506 g/mol. The SMILES string of the molecule is COc1cc(OC)cc(N(CCN2CC[C@H](N)C2)c2ccc3ncc(-c4cnn(C5CCCCO5)c4)nc3c2)c1. The van der Waals surface area contributed by atoms with Crippen molar-refractivity contribution in [2.75, 3.05) is 51.9 Å². The van der Waals surface area contributed by atoms with E-state index in [1.54, 1.807) is 14.2 Å². The third-order valence-corrected chi connectivity index (χ3v) is 7.78. The molecule has 2 aromatic carbocycles. The molecule has 2 atom stereocenters. The van der Waals surface area contributed by atoms with Crippen LogP contribution in [0.15, 0.2) is 55.0 Å². The van der Waals surface area contributed by atoms with E-state index in [4.69, 9.17) is 29.9 Å². The molecule has 2 aliphatic rings. The van der Waals surface area contributed by atoms with Crippen LogP contribution in [0, 0.1) is 0 Å². The third-order valence-electron chi connectivity index (χ3n) is 7.78. The van der Waals surface area contributed by atoms with Crippen molar-refractivity contribution < 1.29 is 14.2 Å². The van der Waals surface area contributed by atoms with Crippen molar-refractivity contribution in [3.63, 3.8) is 0 Å². The third kappa shape index (κ3) is 5.74. The summed E-state index contributed by atoms with van der Waals surface area (Å²) in [5.74, 6) is 1.48. The van der Waals surface area contributed by atoms with E-state index in [2.05, 4.69) is 27.0 Å². The molecule has 1 unspecified atom stereocenters. The molecule has 4 heterocycles. The van der Waals surface area contributed by atoms with Gasteiger partial charge in [-0.05, 0) is 50.4 Å². The minimum Gasteiger partial charge on any atom is -0.497 e. The lowest BCUT2D eigenvalue weighted by molar-refractivity contribution is -0.0394. The molecule has 40 heavy (non-hydrogen) atoms. The van der Waals surface area contributed by atoms with E-state index in [0.29, 0.717) is 0 Å². The molecule has 0 radical (unpaired) electrons. The van der Waals surface area contributed by atoms with Crippen LogP contribution in [-0.2, 0) is 4.74 Å². The number of ether oxygens (including phenoxy) is 3. The number of fused-ring (bicyclic) bond motifs is 1. The number of methoxy groups -OCH3 is 2. The highest BCUT2D eigenvalue weighted by atomic mass is 16.5. The Balaban J connectivity index is 1.33. The zero-order valence-corrected chi connectivity index (χ0v) is 23.2. The number of likely N-dealkylation sites (tertiary alicyclic amines) is 1. The van der Waals surface area contributed by atoms with Crippen molar-refractivity contribution in [1.29, 1.82) is 0 Å². The average Bonchev–Trinajstić information content (AvgIpc) is 3.66. The maximum Gasteiger partial charge on any atom is 0.150 e. The topological polar surface area (TPSA) is 104 Å². The molecule has 2 aliphatic heterocycles. The van der Waals surface area contributed by atoms with Gasteiger partial charge in [0, 0.05) is 73.6 Å². The smallest absolute Gasteiger partial charge is 0.150 e. The summed E-state index contributed by atoms with van der Waals surface area (Å²) in [5.41, 5.74) is 11.5. The minimum atomic E-state index is -0.0129. The second-order valence-electron chi connectivity index (χ2n) is 10.5. The zero-order valence-electron chi connectivity index (χ0n) is 23.2. The molecule has 4 aromatic rings. The number of anilines is 2. The number of rotatable bonds is 9. The number of hydrogen-bond donors (Lipinski definition) is 1. The molecule has 0 amide bonds. The quantitative estimate of drug-likeness (QED) is 0.329. The summed E-state index contributed by atoms with van der Waals surface area (Å²) in [6.45, 7) is 4.37. The molecule has 2 N–H and O–H groups in total. The van der Waals surface area contributed by atoms with Gasteiger partial charge in [-0.3, -0.25) is 9.88 Å². The van der Waals surface area contributed by atoms with Crippen LogP contribution in [-0.4, -0.2) is 77.7 Å². The number of nitrogens with zero attached hydrogens (tertiary/aromatic N) is 6. The summed E-state index contributed by atoms with van der Waals surface area (Å²) >= 11 is 0. The van der Waals surface area contributed by atoms with Gasteiger partial charge >= 0.3 is 0 Å². The zero-order chi connectivity index (χ0) is 27.5.